The first-order valence-corrected chi connectivity index (χ1v) is 4.28. The number of Topliss-reactive ketones (excluding diaryl/α,β-unsaturated/α-hetero) is 1. The number of halogens is 1. The Morgan fingerprint density at radius 3 is 2.42 bits per heavy atom. The van der Waals surface area contributed by atoms with Gasteiger partial charge < -0.3 is 4.57 Å². The van der Waals surface area contributed by atoms with E-state index in [0.717, 1.165) is 0 Å². The van der Waals surface area contributed by atoms with E-state index in [4.69, 9.17) is 11.6 Å². The molecule has 0 radical (unpaired) electrons. The smallest absolute Gasteiger partial charge is 0.161 e. The van der Waals surface area contributed by atoms with Crippen molar-refractivity contribution in [3.05, 3.63) is 23.0 Å². The van der Waals surface area contributed by atoms with Crippen LogP contribution in [0.4, 0.5) is 0 Å². The van der Waals surface area contributed by atoms with Crippen molar-refractivity contribution in [2.24, 2.45) is 0 Å². The summed E-state index contributed by atoms with van der Waals surface area (Å²) < 4.78 is 1.87. The van der Waals surface area contributed by atoms with Crippen LogP contribution in [0.1, 0.15) is 37.2 Å². The van der Waals surface area contributed by atoms with Gasteiger partial charge in [-0.25, -0.2) is 0 Å². The first kappa shape index (κ1) is 9.33. The Bertz CT molecular complexity index is 301. The molecule has 0 aliphatic rings. The van der Waals surface area contributed by atoms with Gasteiger partial charge in [0, 0.05) is 17.8 Å². The topological polar surface area (TPSA) is 22.0 Å². The van der Waals surface area contributed by atoms with Gasteiger partial charge in [-0.15, -0.1) is 0 Å². The largest absolute Gasteiger partial charge is 0.336 e. The van der Waals surface area contributed by atoms with Crippen LogP contribution in [0.15, 0.2) is 12.3 Å². The van der Waals surface area contributed by atoms with E-state index >= 15 is 0 Å². The molecule has 0 N–H and O–H groups in total. The highest BCUT2D eigenvalue weighted by Crippen LogP contribution is 2.19. The number of carbonyl (C=O) groups excluding carboxylic acids is 1. The van der Waals surface area contributed by atoms with Gasteiger partial charge >= 0.3 is 0 Å². The third-order valence-corrected chi connectivity index (χ3v) is 2.07. The lowest BCUT2D eigenvalue weighted by Gasteiger charge is -2.07. The summed E-state index contributed by atoms with van der Waals surface area (Å²) in [7, 11) is 0. The van der Waals surface area contributed by atoms with Gasteiger partial charge in [0.05, 0.1) is 0 Å². The molecule has 0 saturated heterocycles. The monoisotopic (exact) mass is 185 g/mol. The van der Waals surface area contributed by atoms with Gasteiger partial charge in [0.1, 0.15) is 5.15 Å². The van der Waals surface area contributed by atoms with Crippen molar-refractivity contribution < 1.29 is 4.79 Å². The molecule has 0 spiro atoms. The molecule has 0 unspecified atom stereocenters. The van der Waals surface area contributed by atoms with Crippen molar-refractivity contribution in [1.29, 1.82) is 0 Å². The number of carbonyl (C=O) groups is 1. The molecule has 0 aromatic carbocycles. The van der Waals surface area contributed by atoms with Crippen LogP contribution in [-0.4, -0.2) is 10.4 Å². The third kappa shape index (κ3) is 1.69. The van der Waals surface area contributed by atoms with Crippen molar-refractivity contribution >= 4 is 17.4 Å². The van der Waals surface area contributed by atoms with Crippen molar-refractivity contribution in [2.75, 3.05) is 0 Å². The zero-order chi connectivity index (χ0) is 9.30. The summed E-state index contributed by atoms with van der Waals surface area (Å²) in [6, 6.07) is 2.00. The fourth-order valence-electron chi connectivity index (χ4n) is 1.04. The highest BCUT2D eigenvalue weighted by molar-refractivity contribution is 6.30. The average molecular weight is 186 g/mol. The molecule has 3 heteroatoms. The van der Waals surface area contributed by atoms with Gasteiger partial charge in [0.2, 0.25) is 0 Å². The maximum absolute atomic E-state index is 11.0. The lowest BCUT2D eigenvalue weighted by molar-refractivity contribution is 0.101. The summed E-state index contributed by atoms with van der Waals surface area (Å²) in [4.78, 5) is 11.0. The molecule has 12 heavy (non-hydrogen) atoms. The molecule has 66 valence electrons. The Morgan fingerprint density at radius 2 is 2.17 bits per heavy atom. The van der Waals surface area contributed by atoms with Gasteiger partial charge in [-0.3, -0.25) is 4.79 Å². The molecule has 0 aliphatic carbocycles. The predicted octanol–water partition coefficient (Wildman–Crippen LogP) is 2.93. The molecule has 1 heterocycles. The quantitative estimate of drug-likeness (QED) is 0.650. The molecule has 0 fully saturated rings. The minimum Gasteiger partial charge on any atom is -0.336 e. The molecular weight excluding hydrogens is 174 g/mol. The Labute approximate surface area is 77.1 Å². The minimum absolute atomic E-state index is 0.0521. The van der Waals surface area contributed by atoms with Crippen LogP contribution in [0, 0.1) is 0 Å². The van der Waals surface area contributed by atoms with Crippen LogP contribution < -0.4 is 0 Å². The number of ketones is 1. The number of nitrogens with zero attached hydrogens (tertiary/aromatic N) is 1. The second-order valence-corrected chi connectivity index (χ2v) is 3.50. The van der Waals surface area contributed by atoms with Crippen LogP contribution in [-0.2, 0) is 0 Å². The minimum atomic E-state index is 0.0521. The van der Waals surface area contributed by atoms with E-state index in [2.05, 4.69) is 0 Å². The van der Waals surface area contributed by atoms with Crippen LogP contribution >= 0.6 is 11.6 Å². The van der Waals surface area contributed by atoms with Crippen LogP contribution in [0.2, 0.25) is 5.15 Å². The third-order valence-electron chi connectivity index (χ3n) is 1.76. The highest BCUT2D eigenvalue weighted by Gasteiger charge is 2.08. The zero-order valence-electron chi connectivity index (χ0n) is 7.47. The van der Waals surface area contributed by atoms with E-state index in [9.17, 15) is 4.79 Å². The van der Waals surface area contributed by atoms with E-state index in [1.165, 1.54) is 6.92 Å². The number of aromatic nitrogens is 1. The fraction of sp³-hybridized carbons (Fsp3) is 0.444. The maximum Gasteiger partial charge on any atom is 0.161 e. The fourth-order valence-corrected chi connectivity index (χ4v) is 1.40. The Kier molecular flexibility index (Phi) is 2.58. The lowest BCUT2D eigenvalue weighted by atomic mass is 10.2. The summed E-state index contributed by atoms with van der Waals surface area (Å²) in [6.45, 7) is 5.59. The average Bonchev–Trinajstić information content (AvgIpc) is 2.30. The predicted molar refractivity (Wildman–Crippen MR) is 49.8 cm³/mol. The highest BCUT2D eigenvalue weighted by atomic mass is 35.5. The SMILES string of the molecule is CC(=O)c1cc(Cl)n(C(C)C)c1. The van der Waals surface area contributed by atoms with E-state index in [0.29, 0.717) is 16.8 Å². The summed E-state index contributed by atoms with van der Waals surface area (Å²) in [5.41, 5.74) is 0.675. The summed E-state index contributed by atoms with van der Waals surface area (Å²) >= 11 is 5.89. The van der Waals surface area contributed by atoms with Gasteiger partial charge in [0.25, 0.3) is 0 Å². The molecule has 0 saturated carbocycles. The summed E-state index contributed by atoms with van der Waals surface area (Å²) in [6.07, 6.45) is 1.79. The second kappa shape index (κ2) is 3.31. The summed E-state index contributed by atoms with van der Waals surface area (Å²) in [5, 5.41) is 0.621. The molecular formula is C9H12ClNO. The molecule has 0 atom stereocenters. The van der Waals surface area contributed by atoms with Crippen molar-refractivity contribution in [3.8, 4) is 0 Å². The number of hydrogen-bond acceptors (Lipinski definition) is 1. The van der Waals surface area contributed by atoms with Gasteiger partial charge in [0.15, 0.2) is 5.78 Å². The van der Waals surface area contributed by atoms with Gasteiger partial charge in [-0.1, -0.05) is 11.6 Å². The number of hydrogen-bond donors (Lipinski definition) is 0. The first-order valence-electron chi connectivity index (χ1n) is 3.90. The zero-order valence-corrected chi connectivity index (χ0v) is 8.22. The van der Waals surface area contributed by atoms with E-state index < -0.39 is 0 Å². The Morgan fingerprint density at radius 1 is 1.58 bits per heavy atom. The number of rotatable bonds is 2. The Hall–Kier alpha value is -0.760. The van der Waals surface area contributed by atoms with Crippen molar-refractivity contribution in [2.45, 2.75) is 26.8 Å². The standard InChI is InChI=1S/C9H12ClNO/c1-6(2)11-5-8(7(3)12)4-9(11)10/h4-6H,1-3H3. The molecule has 1 rings (SSSR count). The summed E-state index contributed by atoms with van der Waals surface area (Å²) in [5.74, 6) is 0.0521. The molecule has 0 amide bonds. The molecule has 0 aliphatic heterocycles. The second-order valence-electron chi connectivity index (χ2n) is 3.11. The normalized spacial score (nSPS) is 10.8. The molecule has 2 nitrogen and oxygen atoms in total. The van der Waals surface area contributed by atoms with E-state index in [1.54, 1.807) is 12.3 Å². The molecule has 1 aromatic rings. The van der Waals surface area contributed by atoms with Crippen LogP contribution in [0.25, 0.3) is 0 Å². The van der Waals surface area contributed by atoms with Crippen LogP contribution in [0.3, 0.4) is 0 Å². The van der Waals surface area contributed by atoms with Gasteiger partial charge in [-0.05, 0) is 26.8 Å². The lowest BCUT2D eigenvalue weighted by Crippen LogP contribution is -1.98. The van der Waals surface area contributed by atoms with Gasteiger partial charge in [-0.2, -0.15) is 0 Å². The first-order chi connectivity index (χ1) is 5.52. The van der Waals surface area contributed by atoms with E-state index in [1.807, 2.05) is 18.4 Å². The molecule has 1 aromatic heterocycles. The maximum atomic E-state index is 11.0. The molecule has 0 bridgehead atoms. The van der Waals surface area contributed by atoms with Crippen LogP contribution in [0.5, 0.6) is 0 Å². The Balaban J connectivity index is 3.09. The van der Waals surface area contributed by atoms with E-state index in [-0.39, 0.29) is 5.78 Å². The van der Waals surface area contributed by atoms with Crippen molar-refractivity contribution in [3.63, 3.8) is 0 Å². The van der Waals surface area contributed by atoms with Crippen molar-refractivity contribution in [1.82, 2.24) is 4.57 Å².